The van der Waals surface area contributed by atoms with Crippen LogP contribution in [-0.2, 0) is 11.2 Å². The molecule has 1 nitrogen and oxygen atoms in total. The predicted molar refractivity (Wildman–Crippen MR) is 69.1 cm³/mol. The average molecular weight is 267 g/mol. The smallest absolute Gasteiger partial charge is 0.142 e. The minimum absolute atomic E-state index is 0.106. The highest BCUT2D eigenvalue weighted by atomic mass is 35.5. The molecule has 96 valence electrons. The summed E-state index contributed by atoms with van der Waals surface area (Å²) in [4.78, 5) is 12.3. The number of hydrogen-bond donors (Lipinski definition) is 0. The molecular weight excluding hydrogens is 251 g/mol. The van der Waals surface area contributed by atoms with Crippen LogP contribution in [0, 0.1) is 23.6 Å². The van der Waals surface area contributed by atoms with Crippen LogP contribution in [0.25, 0.3) is 0 Å². The molecule has 18 heavy (non-hydrogen) atoms. The summed E-state index contributed by atoms with van der Waals surface area (Å²) in [5, 5.41) is 0.106. The van der Waals surface area contributed by atoms with Gasteiger partial charge in [0.15, 0.2) is 0 Å². The van der Waals surface area contributed by atoms with Gasteiger partial charge >= 0.3 is 0 Å². The molecule has 3 unspecified atom stereocenters. The molecule has 2 saturated carbocycles. The van der Waals surface area contributed by atoms with Crippen LogP contribution in [0.4, 0.5) is 4.39 Å². The van der Waals surface area contributed by atoms with E-state index in [0.717, 1.165) is 12.3 Å². The van der Waals surface area contributed by atoms with E-state index in [2.05, 4.69) is 0 Å². The Labute approximate surface area is 111 Å². The molecule has 0 aliphatic heterocycles. The lowest BCUT2D eigenvalue weighted by Crippen LogP contribution is -2.22. The molecule has 3 atom stereocenters. The maximum absolute atomic E-state index is 13.3. The second-order valence-electron chi connectivity index (χ2n) is 5.64. The Morgan fingerprint density at radius 2 is 2.17 bits per heavy atom. The molecule has 3 heteroatoms. The van der Waals surface area contributed by atoms with Gasteiger partial charge in [-0.25, -0.2) is 4.39 Å². The molecule has 0 aromatic heterocycles. The van der Waals surface area contributed by atoms with Gasteiger partial charge < -0.3 is 0 Å². The fourth-order valence-electron chi connectivity index (χ4n) is 3.64. The molecule has 1 aromatic carbocycles. The van der Waals surface area contributed by atoms with E-state index in [1.54, 1.807) is 12.1 Å². The summed E-state index contributed by atoms with van der Waals surface area (Å²) in [7, 11) is 0. The Kier molecular flexibility index (Phi) is 3.14. The number of rotatable bonds is 3. The molecule has 2 aliphatic carbocycles. The Balaban J connectivity index is 1.73. The van der Waals surface area contributed by atoms with E-state index < -0.39 is 5.82 Å². The molecule has 0 heterocycles. The van der Waals surface area contributed by atoms with Crippen LogP contribution >= 0.6 is 11.6 Å². The Morgan fingerprint density at radius 1 is 1.33 bits per heavy atom. The van der Waals surface area contributed by atoms with E-state index in [1.165, 1.54) is 25.3 Å². The zero-order valence-corrected chi connectivity index (χ0v) is 10.9. The minimum Gasteiger partial charge on any atom is -0.299 e. The van der Waals surface area contributed by atoms with Gasteiger partial charge in [-0.3, -0.25) is 4.79 Å². The standard InChI is InChI=1S/C15H16ClFO/c16-15-11(2-1-3-13(15)17)8-14(18)12-7-9-4-5-10(12)6-9/h1-3,9-10,12H,4-8H2. The third-order valence-electron chi connectivity index (χ3n) is 4.55. The molecule has 3 rings (SSSR count). The van der Waals surface area contributed by atoms with Gasteiger partial charge in [0.1, 0.15) is 11.6 Å². The summed E-state index contributed by atoms with van der Waals surface area (Å²) >= 11 is 5.90. The van der Waals surface area contributed by atoms with E-state index in [-0.39, 0.29) is 23.1 Å². The predicted octanol–water partition coefficient (Wildman–Crippen LogP) is 4.03. The first-order valence-corrected chi connectivity index (χ1v) is 6.98. The van der Waals surface area contributed by atoms with Crippen LogP contribution in [0.5, 0.6) is 0 Å². The van der Waals surface area contributed by atoms with Crippen LogP contribution in [0.3, 0.4) is 0 Å². The highest BCUT2D eigenvalue weighted by molar-refractivity contribution is 6.31. The van der Waals surface area contributed by atoms with Gasteiger partial charge in [0.05, 0.1) is 5.02 Å². The summed E-state index contributed by atoms with van der Waals surface area (Å²) in [6.07, 6.45) is 5.02. The Morgan fingerprint density at radius 3 is 2.83 bits per heavy atom. The molecule has 0 amide bonds. The van der Waals surface area contributed by atoms with E-state index in [1.807, 2.05) is 0 Å². The largest absolute Gasteiger partial charge is 0.299 e. The maximum Gasteiger partial charge on any atom is 0.142 e. The van der Waals surface area contributed by atoms with Crippen molar-refractivity contribution in [2.24, 2.45) is 17.8 Å². The molecule has 2 fully saturated rings. The molecule has 2 aliphatic rings. The van der Waals surface area contributed by atoms with Crippen molar-refractivity contribution in [1.29, 1.82) is 0 Å². The van der Waals surface area contributed by atoms with Gasteiger partial charge in [0.2, 0.25) is 0 Å². The fraction of sp³-hybridized carbons (Fsp3) is 0.533. The monoisotopic (exact) mass is 266 g/mol. The lowest BCUT2D eigenvalue weighted by Gasteiger charge is -2.20. The summed E-state index contributed by atoms with van der Waals surface area (Å²) in [6.45, 7) is 0. The summed E-state index contributed by atoms with van der Waals surface area (Å²) in [5.74, 6) is 1.34. The van der Waals surface area contributed by atoms with Crippen molar-refractivity contribution in [3.63, 3.8) is 0 Å². The molecule has 0 saturated heterocycles. The van der Waals surface area contributed by atoms with Crippen LogP contribution in [0.2, 0.25) is 5.02 Å². The van der Waals surface area contributed by atoms with E-state index >= 15 is 0 Å². The normalized spacial score (nSPS) is 29.8. The number of carbonyl (C=O) groups excluding carboxylic acids is 1. The molecule has 1 aromatic rings. The van der Waals surface area contributed by atoms with Crippen molar-refractivity contribution in [3.8, 4) is 0 Å². The van der Waals surface area contributed by atoms with E-state index in [9.17, 15) is 9.18 Å². The van der Waals surface area contributed by atoms with Gasteiger partial charge in [0, 0.05) is 12.3 Å². The Bertz CT molecular complexity index is 485. The van der Waals surface area contributed by atoms with E-state index in [0.29, 0.717) is 11.5 Å². The number of fused-ring (bicyclic) bond motifs is 2. The topological polar surface area (TPSA) is 17.1 Å². The number of ketones is 1. The van der Waals surface area contributed by atoms with E-state index in [4.69, 9.17) is 11.6 Å². The Hall–Kier alpha value is -0.890. The average Bonchev–Trinajstić information content (AvgIpc) is 2.97. The van der Waals surface area contributed by atoms with Crippen LogP contribution in [-0.4, -0.2) is 5.78 Å². The summed E-state index contributed by atoms with van der Waals surface area (Å²) in [6, 6.07) is 4.69. The number of Topliss-reactive ketones (excluding diaryl/α,β-unsaturated/α-hetero) is 1. The number of benzene rings is 1. The van der Waals surface area contributed by atoms with Crippen LogP contribution < -0.4 is 0 Å². The fourth-order valence-corrected chi connectivity index (χ4v) is 3.84. The second-order valence-corrected chi connectivity index (χ2v) is 6.02. The lowest BCUT2D eigenvalue weighted by molar-refractivity contribution is -0.123. The van der Waals surface area contributed by atoms with Crippen molar-refractivity contribution in [3.05, 3.63) is 34.6 Å². The second kappa shape index (κ2) is 4.65. The molecule has 2 bridgehead atoms. The number of carbonyl (C=O) groups is 1. The first-order valence-electron chi connectivity index (χ1n) is 6.60. The van der Waals surface area contributed by atoms with Crippen molar-refractivity contribution >= 4 is 17.4 Å². The third kappa shape index (κ3) is 2.07. The van der Waals surface area contributed by atoms with Crippen molar-refractivity contribution < 1.29 is 9.18 Å². The SMILES string of the molecule is O=C(Cc1cccc(F)c1Cl)C1CC2CCC1C2. The van der Waals surface area contributed by atoms with Gasteiger partial charge in [0.25, 0.3) is 0 Å². The van der Waals surface area contributed by atoms with Crippen molar-refractivity contribution in [2.45, 2.75) is 32.1 Å². The van der Waals surface area contributed by atoms with Crippen LogP contribution in [0.15, 0.2) is 18.2 Å². The lowest BCUT2D eigenvalue weighted by atomic mass is 9.83. The molecule has 0 radical (unpaired) electrons. The first-order chi connectivity index (χ1) is 8.65. The number of halogens is 2. The first kappa shape index (κ1) is 12.2. The van der Waals surface area contributed by atoms with Gasteiger partial charge in [-0.05, 0) is 42.7 Å². The quantitative estimate of drug-likeness (QED) is 0.807. The van der Waals surface area contributed by atoms with Gasteiger partial charge in [-0.15, -0.1) is 0 Å². The highest BCUT2D eigenvalue weighted by Crippen LogP contribution is 2.48. The summed E-state index contributed by atoms with van der Waals surface area (Å²) in [5.41, 5.74) is 0.629. The molecule has 0 N–H and O–H groups in total. The maximum atomic E-state index is 13.3. The number of hydrogen-bond acceptors (Lipinski definition) is 1. The zero-order chi connectivity index (χ0) is 12.7. The van der Waals surface area contributed by atoms with Crippen LogP contribution in [0.1, 0.15) is 31.2 Å². The van der Waals surface area contributed by atoms with Gasteiger partial charge in [-0.2, -0.15) is 0 Å². The van der Waals surface area contributed by atoms with Gasteiger partial charge in [-0.1, -0.05) is 30.2 Å². The molecular formula is C15H16ClFO. The van der Waals surface area contributed by atoms with Crippen molar-refractivity contribution in [1.82, 2.24) is 0 Å². The van der Waals surface area contributed by atoms with Crippen molar-refractivity contribution in [2.75, 3.05) is 0 Å². The zero-order valence-electron chi connectivity index (χ0n) is 10.2. The highest BCUT2D eigenvalue weighted by Gasteiger charge is 2.42. The molecule has 0 spiro atoms. The summed E-state index contributed by atoms with van der Waals surface area (Å²) < 4.78 is 13.3. The third-order valence-corrected chi connectivity index (χ3v) is 4.97. The minimum atomic E-state index is -0.435.